The van der Waals surface area contributed by atoms with Gasteiger partial charge in [-0.25, -0.2) is 18.1 Å². The molecule has 1 aromatic heterocycles. The summed E-state index contributed by atoms with van der Waals surface area (Å²) in [4.78, 5) is 8.45. The first-order valence-electron chi connectivity index (χ1n) is 8.22. The molecule has 3 aromatic rings. The smallest absolute Gasteiger partial charge is 0.261 e. The zero-order valence-electron chi connectivity index (χ0n) is 14.9. The number of hydrogen-bond donors (Lipinski definition) is 2. The molecule has 7 nitrogen and oxygen atoms in total. The van der Waals surface area contributed by atoms with Crippen LogP contribution in [0.25, 0.3) is 0 Å². The fraction of sp³-hybridized carbons (Fsp3) is 0.105. The number of anilines is 2. The number of benzene rings is 2. The van der Waals surface area contributed by atoms with Crippen LogP contribution in [0, 0.1) is 13.8 Å². The first-order chi connectivity index (χ1) is 12.9. The lowest BCUT2D eigenvalue weighted by molar-refractivity contribution is 0.601. The molecule has 3 rings (SSSR count). The van der Waals surface area contributed by atoms with E-state index in [1.807, 2.05) is 37.3 Å². The quantitative estimate of drug-likeness (QED) is 0.504. The van der Waals surface area contributed by atoms with Crippen LogP contribution in [0.2, 0.25) is 0 Å². The van der Waals surface area contributed by atoms with E-state index in [-0.39, 0.29) is 10.8 Å². The lowest BCUT2D eigenvalue weighted by Crippen LogP contribution is -2.15. The van der Waals surface area contributed by atoms with Gasteiger partial charge in [0.05, 0.1) is 11.1 Å². The highest BCUT2D eigenvalue weighted by molar-refractivity contribution is 7.92. The van der Waals surface area contributed by atoms with Crippen molar-refractivity contribution in [2.24, 2.45) is 5.10 Å². The van der Waals surface area contributed by atoms with Crippen LogP contribution in [0.1, 0.15) is 16.8 Å². The maximum absolute atomic E-state index is 12.5. The lowest BCUT2D eigenvalue weighted by Gasteiger charge is -2.09. The number of hydrazone groups is 1. The summed E-state index contributed by atoms with van der Waals surface area (Å²) in [6.45, 7) is 3.64. The van der Waals surface area contributed by atoms with Crippen molar-refractivity contribution < 1.29 is 8.42 Å². The molecule has 0 aliphatic heterocycles. The Balaban J connectivity index is 1.77. The van der Waals surface area contributed by atoms with Gasteiger partial charge in [-0.3, -0.25) is 5.43 Å². The molecule has 138 valence electrons. The van der Waals surface area contributed by atoms with Crippen molar-refractivity contribution >= 4 is 28.0 Å². The van der Waals surface area contributed by atoms with Crippen molar-refractivity contribution in [3.05, 3.63) is 77.5 Å². The number of aryl methyl sites for hydroxylation is 2. The molecule has 1 heterocycles. The first-order valence-corrected chi connectivity index (χ1v) is 9.70. The van der Waals surface area contributed by atoms with Gasteiger partial charge in [0, 0.05) is 11.8 Å². The molecule has 0 aliphatic rings. The van der Waals surface area contributed by atoms with Crippen LogP contribution in [0.15, 0.2) is 70.7 Å². The molecule has 0 amide bonds. The van der Waals surface area contributed by atoms with Crippen LogP contribution in [-0.4, -0.2) is 24.6 Å². The van der Waals surface area contributed by atoms with Crippen molar-refractivity contribution in [3.63, 3.8) is 0 Å². The number of aromatic nitrogens is 2. The first kappa shape index (κ1) is 18.5. The molecule has 8 heteroatoms. The number of sulfonamides is 1. The summed E-state index contributed by atoms with van der Waals surface area (Å²) in [5, 5.41) is 4.12. The second-order valence-corrected chi connectivity index (χ2v) is 7.60. The van der Waals surface area contributed by atoms with Gasteiger partial charge in [0.25, 0.3) is 10.0 Å². The Labute approximate surface area is 158 Å². The van der Waals surface area contributed by atoms with E-state index in [4.69, 9.17) is 0 Å². The number of rotatable bonds is 6. The van der Waals surface area contributed by atoms with Crippen LogP contribution in [-0.2, 0) is 10.0 Å². The minimum Gasteiger partial charge on any atom is -0.261 e. The SMILES string of the molecule is Cc1ccc(S(=O)(=O)Nc2nc(C)cc(N/N=C\c3ccccc3)n2)cc1. The van der Waals surface area contributed by atoms with E-state index in [9.17, 15) is 8.42 Å². The third-order valence-corrected chi connectivity index (χ3v) is 4.95. The third kappa shape index (κ3) is 5.11. The second-order valence-electron chi connectivity index (χ2n) is 5.92. The molecule has 0 bridgehead atoms. The molecule has 0 aliphatic carbocycles. The minimum atomic E-state index is -3.77. The van der Waals surface area contributed by atoms with Gasteiger partial charge in [-0.15, -0.1) is 0 Å². The standard InChI is InChI=1S/C19H19N5O2S/c1-14-8-10-17(11-9-14)27(25,26)24-19-21-15(2)12-18(22-19)23-20-13-16-6-4-3-5-7-16/h3-13H,1-2H3,(H2,21,22,23,24)/b20-13-. The average molecular weight is 381 g/mol. The van der Waals surface area contributed by atoms with Crippen LogP contribution < -0.4 is 10.1 Å². The van der Waals surface area contributed by atoms with E-state index >= 15 is 0 Å². The topological polar surface area (TPSA) is 96.3 Å². The summed E-state index contributed by atoms with van der Waals surface area (Å²) < 4.78 is 27.4. The zero-order chi connectivity index (χ0) is 19.3. The number of nitrogens with one attached hydrogen (secondary N) is 2. The summed E-state index contributed by atoms with van der Waals surface area (Å²) in [7, 11) is -3.77. The molecule has 0 radical (unpaired) electrons. The Morgan fingerprint density at radius 1 is 0.963 bits per heavy atom. The molecule has 0 unspecified atom stereocenters. The van der Waals surface area contributed by atoms with E-state index in [1.54, 1.807) is 31.3 Å². The maximum Gasteiger partial charge on any atom is 0.264 e. The molecule has 0 atom stereocenters. The maximum atomic E-state index is 12.5. The van der Waals surface area contributed by atoms with Gasteiger partial charge in [-0.05, 0) is 31.5 Å². The van der Waals surface area contributed by atoms with Gasteiger partial charge < -0.3 is 0 Å². The molecule has 0 saturated heterocycles. The van der Waals surface area contributed by atoms with Gasteiger partial charge in [-0.1, -0.05) is 48.0 Å². The highest BCUT2D eigenvalue weighted by Gasteiger charge is 2.16. The Bertz CT molecular complexity index is 1050. The molecular weight excluding hydrogens is 362 g/mol. The normalized spacial score (nSPS) is 11.5. The Morgan fingerprint density at radius 3 is 2.37 bits per heavy atom. The van der Waals surface area contributed by atoms with E-state index in [0.717, 1.165) is 11.1 Å². The van der Waals surface area contributed by atoms with Crippen molar-refractivity contribution in [2.45, 2.75) is 18.7 Å². The zero-order valence-corrected chi connectivity index (χ0v) is 15.7. The minimum absolute atomic E-state index is 0.0204. The molecular formula is C19H19N5O2S. The third-order valence-electron chi connectivity index (χ3n) is 3.60. The Morgan fingerprint density at radius 2 is 1.67 bits per heavy atom. The van der Waals surface area contributed by atoms with Crippen LogP contribution in [0.3, 0.4) is 0 Å². The highest BCUT2D eigenvalue weighted by atomic mass is 32.2. The van der Waals surface area contributed by atoms with Crippen LogP contribution in [0.4, 0.5) is 11.8 Å². The summed E-state index contributed by atoms with van der Waals surface area (Å²) >= 11 is 0. The largest absolute Gasteiger partial charge is 0.264 e. The summed E-state index contributed by atoms with van der Waals surface area (Å²) in [5.41, 5.74) is 5.29. The van der Waals surface area contributed by atoms with Crippen molar-refractivity contribution in [1.82, 2.24) is 9.97 Å². The van der Waals surface area contributed by atoms with E-state index in [0.29, 0.717) is 11.5 Å². The van der Waals surface area contributed by atoms with Crippen molar-refractivity contribution in [2.75, 3.05) is 10.1 Å². The number of nitrogens with zero attached hydrogens (tertiary/aromatic N) is 3. The van der Waals surface area contributed by atoms with Crippen molar-refractivity contribution in [3.8, 4) is 0 Å². The van der Waals surface area contributed by atoms with Gasteiger partial charge in [0.15, 0.2) is 5.82 Å². The fourth-order valence-electron chi connectivity index (χ4n) is 2.28. The highest BCUT2D eigenvalue weighted by Crippen LogP contribution is 2.16. The van der Waals surface area contributed by atoms with Gasteiger partial charge in [0.2, 0.25) is 5.95 Å². The monoisotopic (exact) mass is 381 g/mol. The summed E-state index contributed by atoms with van der Waals surface area (Å²) in [6, 6.07) is 17.8. The van der Waals surface area contributed by atoms with E-state index in [1.165, 1.54) is 12.1 Å². The summed E-state index contributed by atoms with van der Waals surface area (Å²) in [5.74, 6) is 0.365. The molecule has 2 N–H and O–H groups in total. The van der Waals surface area contributed by atoms with E-state index < -0.39 is 10.0 Å². The van der Waals surface area contributed by atoms with Crippen LogP contribution in [0.5, 0.6) is 0 Å². The van der Waals surface area contributed by atoms with Gasteiger partial charge in [0.1, 0.15) is 0 Å². The molecule has 0 saturated carbocycles. The molecule has 0 fully saturated rings. The average Bonchev–Trinajstić information content (AvgIpc) is 2.62. The summed E-state index contributed by atoms with van der Waals surface area (Å²) in [6.07, 6.45) is 1.65. The molecule has 0 spiro atoms. The Kier molecular flexibility index (Phi) is 5.46. The van der Waals surface area contributed by atoms with Gasteiger partial charge >= 0.3 is 0 Å². The lowest BCUT2D eigenvalue weighted by atomic mass is 10.2. The second kappa shape index (κ2) is 7.96. The molecule has 2 aromatic carbocycles. The molecule has 27 heavy (non-hydrogen) atoms. The van der Waals surface area contributed by atoms with E-state index in [2.05, 4.69) is 25.2 Å². The number of hydrogen-bond acceptors (Lipinski definition) is 6. The predicted octanol–water partition coefficient (Wildman–Crippen LogP) is 3.34. The van der Waals surface area contributed by atoms with Crippen molar-refractivity contribution in [1.29, 1.82) is 0 Å². The van der Waals surface area contributed by atoms with Gasteiger partial charge in [-0.2, -0.15) is 10.1 Å². The fourth-order valence-corrected chi connectivity index (χ4v) is 3.22. The van der Waals surface area contributed by atoms with Crippen LogP contribution >= 0.6 is 0 Å². The predicted molar refractivity (Wildman–Crippen MR) is 106 cm³/mol. The Hall–Kier alpha value is -3.26.